The summed E-state index contributed by atoms with van der Waals surface area (Å²) in [6.45, 7) is 4.10. The molecule has 0 aromatic carbocycles. The van der Waals surface area contributed by atoms with E-state index < -0.39 is 0 Å². The predicted octanol–water partition coefficient (Wildman–Crippen LogP) is 4.43. The van der Waals surface area contributed by atoms with E-state index in [1.165, 1.54) is 25.7 Å². The molecule has 1 saturated heterocycles. The standard InChI is InChI=1S/C19H24N2O2S/c1-12-10-14-6-3-4-7-16(14)21(12)18(22)11-15-13(2)23-19(20-15)17-8-5-9-24-17/h5,8-9,12,14,16H,3-4,6-7,10-11H2,1-2H3. The van der Waals surface area contributed by atoms with E-state index in [4.69, 9.17) is 4.42 Å². The van der Waals surface area contributed by atoms with Crippen LogP contribution in [0.15, 0.2) is 21.9 Å². The average molecular weight is 344 g/mol. The number of likely N-dealkylation sites (tertiary alicyclic amines) is 1. The Morgan fingerprint density at radius 3 is 3.04 bits per heavy atom. The molecule has 4 rings (SSSR count). The van der Waals surface area contributed by atoms with Crippen molar-refractivity contribution in [1.82, 2.24) is 9.88 Å². The van der Waals surface area contributed by atoms with Gasteiger partial charge in [0.2, 0.25) is 11.8 Å². The van der Waals surface area contributed by atoms with Crippen molar-refractivity contribution < 1.29 is 9.21 Å². The summed E-state index contributed by atoms with van der Waals surface area (Å²) in [6.07, 6.45) is 6.54. The van der Waals surface area contributed by atoms with Crippen LogP contribution in [-0.2, 0) is 11.2 Å². The molecule has 0 spiro atoms. The number of aryl methyl sites for hydroxylation is 1. The highest BCUT2D eigenvalue weighted by molar-refractivity contribution is 7.13. The second-order valence-electron chi connectivity index (χ2n) is 7.17. The first kappa shape index (κ1) is 15.9. The molecule has 128 valence electrons. The molecule has 5 heteroatoms. The zero-order valence-corrected chi connectivity index (χ0v) is 15.1. The Morgan fingerprint density at radius 2 is 2.25 bits per heavy atom. The normalized spacial score (nSPS) is 26.6. The van der Waals surface area contributed by atoms with Gasteiger partial charge < -0.3 is 9.32 Å². The van der Waals surface area contributed by atoms with Crippen molar-refractivity contribution in [3.63, 3.8) is 0 Å². The third-order valence-electron chi connectivity index (χ3n) is 5.58. The molecule has 24 heavy (non-hydrogen) atoms. The molecule has 1 aliphatic heterocycles. The number of rotatable bonds is 3. The molecule has 1 amide bonds. The number of hydrogen-bond acceptors (Lipinski definition) is 4. The van der Waals surface area contributed by atoms with Crippen LogP contribution in [0.1, 0.15) is 50.5 Å². The van der Waals surface area contributed by atoms with Crippen LogP contribution in [0.25, 0.3) is 10.8 Å². The Hall–Kier alpha value is -1.62. The van der Waals surface area contributed by atoms with Gasteiger partial charge in [-0.25, -0.2) is 4.98 Å². The molecule has 3 heterocycles. The van der Waals surface area contributed by atoms with Gasteiger partial charge in [0.15, 0.2) is 0 Å². The van der Waals surface area contributed by atoms with E-state index in [0.29, 0.717) is 30.3 Å². The molecule has 0 N–H and O–H groups in total. The van der Waals surface area contributed by atoms with E-state index in [1.54, 1.807) is 11.3 Å². The van der Waals surface area contributed by atoms with Crippen LogP contribution in [0.2, 0.25) is 0 Å². The summed E-state index contributed by atoms with van der Waals surface area (Å²) < 4.78 is 5.78. The molecule has 0 radical (unpaired) electrons. The molecule has 2 aliphatic rings. The Balaban J connectivity index is 1.52. The summed E-state index contributed by atoms with van der Waals surface area (Å²) in [5.74, 6) is 2.32. The van der Waals surface area contributed by atoms with Gasteiger partial charge in [0.1, 0.15) is 5.76 Å². The smallest absolute Gasteiger partial charge is 0.236 e. The van der Waals surface area contributed by atoms with Gasteiger partial charge in [-0.3, -0.25) is 4.79 Å². The van der Waals surface area contributed by atoms with Crippen molar-refractivity contribution in [2.75, 3.05) is 0 Å². The summed E-state index contributed by atoms with van der Waals surface area (Å²) in [5.41, 5.74) is 0.787. The number of nitrogens with zero attached hydrogens (tertiary/aromatic N) is 2. The van der Waals surface area contributed by atoms with Crippen molar-refractivity contribution in [2.24, 2.45) is 5.92 Å². The lowest BCUT2D eigenvalue weighted by Gasteiger charge is -2.33. The second kappa shape index (κ2) is 6.36. The lowest BCUT2D eigenvalue weighted by atomic mass is 9.85. The molecule has 2 fully saturated rings. The van der Waals surface area contributed by atoms with Gasteiger partial charge in [0, 0.05) is 12.1 Å². The van der Waals surface area contributed by atoms with Gasteiger partial charge >= 0.3 is 0 Å². The number of carbonyl (C=O) groups is 1. The molecule has 3 atom stereocenters. The van der Waals surface area contributed by atoms with Gasteiger partial charge in [0.05, 0.1) is 17.0 Å². The van der Waals surface area contributed by atoms with Crippen LogP contribution in [0, 0.1) is 12.8 Å². The van der Waals surface area contributed by atoms with Gasteiger partial charge in [0.25, 0.3) is 0 Å². The zero-order valence-electron chi connectivity index (χ0n) is 14.3. The highest BCUT2D eigenvalue weighted by Crippen LogP contribution is 2.40. The SMILES string of the molecule is Cc1oc(-c2cccs2)nc1CC(=O)N1C(C)CC2CCCCC21. The molecular formula is C19H24N2O2S. The lowest BCUT2D eigenvalue weighted by Crippen LogP contribution is -2.43. The highest BCUT2D eigenvalue weighted by Gasteiger charge is 2.42. The van der Waals surface area contributed by atoms with Crippen molar-refractivity contribution in [3.05, 3.63) is 29.0 Å². The second-order valence-corrected chi connectivity index (χ2v) is 8.12. The van der Waals surface area contributed by atoms with Crippen LogP contribution in [0.3, 0.4) is 0 Å². The minimum absolute atomic E-state index is 0.214. The zero-order chi connectivity index (χ0) is 16.7. The third kappa shape index (κ3) is 2.79. The molecule has 1 saturated carbocycles. The molecule has 2 aromatic heterocycles. The van der Waals surface area contributed by atoms with Crippen molar-refractivity contribution in [2.45, 2.75) is 64.5 Å². The molecule has 1 aliphatic carbocycles. The Labute approximate surface area is 146 Å². The van der Waals surface area contributed by atoms with Crippen LogP contribution in [-0.4, -0.2) is 27.9 Å². The molecule has 2 aromatic rings. The van der Waals surface area contributed by atoms with E-state index in [2.05, 4.69) is 16.8 Å². The van der Waals surface area contributed by atoms with Gasteiger partial charge in [-0.2, -0.15) is 0 Å². The first-order valence-corrected chi connectivity index (χ1v) is 9.83. The Bertz CT molecular complexity index is 722. The molecule has 3 unspecified atom stereocenters. The van der Waals surface area contributed by atoms with E-state index in [-0.39, 0.29) is 5.91 Å². The maximum Gasteiger partial charge on any atom is 0.236 e. The Morgan fingerprint density at radius 1 is 1.42 bits per heavy atom. The molecule has 4 nitrogen and oxygen atoms in total. The van der Waals surface area contributed by atoms with Crippen molar-refractivity contribution in [1.29, 1.82) is 0 Å². The predicted molar refractivity (Wildman–Crippen MR) is 94.9 cm³/mol. The van der Waals surface area contributed by atoms with E-state index >= 15 is 0 Å². The number of amides is 1. The molecular weight excluding hydrogens is 320 g/mol. The van der Waals surface area contributed by atoms with Crippen molar-refractivity contribution in [3.8, 4) is 10.8 Å². The molecule has 0 bridgehead atoms. The largest absolute Gasteiger partial charge is 0.440 e. The number of hydrogen-bond donors (Lipinski definition) is 0. The topological polar surface area (TPSA) is 46.3 Å². The summed E-state index contributed by atoms with van der Waals surface area (Å²) in [4.78, 5) is 20.7. The van der Waals surface area contributed by atoms with E-state index in [9.17, 15) is 4.79 Å². The summed E-state index contributed by atoms with van der Waals surface area (Å²) >= 11 is 1.61. The third-order valence-corrected chi connectivity index (χ3v) is 6.43. The van der Waals surface area contributed by atoms with Crippen LogP contribution < -0.4 is 0 Å². The maximum absolute atomic E-state index is 13.0. The quantitative estimate of drug-likeness (QED) is 0.827. The van der Waals surface area contributed by atoms with Gasteiger partial charge in [-0.05, 0) is 50.5 Å². The summed E-state index contributed by atoms with van der Waals surface area (Å²) in [6, 6.07) is 4.79. The fourth-order valence-corrected chi connectivity index (χ4v) is 5.12. The van der Waals surface area contributed by atoms with E-state index in [0.717, 1.165) is 22.8 Å². The monoisotopic (exact) mass is 344 g/mol. The van der Waals surface area contributed by atoms with Gasteiger partial charge in [-0.1, -0.05) is 18.9 Å². The van der Waals surface area contributed by atoms with Crippen molar-refractivity contribution >= 4 is 17.2 Å². The number of oxazole rings is 1. The first-order chi connectivity index (χ1) is 11.6. The minimum Gasteiger partial charge on any atom is -0.440 e. The first-order valence-electron chi connectivity index (χ1n) is 8.95. The minimum atomic E-state index is 0.214. The lowest BCUT2D eigenvalue weighted by molar-refractivity contribution is -0.133. The van der Waals surface area contributed by atoms with Crippen LogP contribution in [0.4, 0.5) is 0 Å². The fourth-order valence-electron chi connectivity index (χ4n) is 4.47. The van der Waals surface area contributed by atoms with E-state index in [1.807, 2.05) is 24.4 Å². The number of thiophene rings is 1. The summed E-state index contributed by atoms with van der Waals surface area (Å²) in [5, 5.41) is 2.01. The van der Waals surface area contributed by atoms with Gasteiger partial charge in [-0.15, -0.1) is 11.3 Å². The number of carbonyl (C=O) groups excluding carboxylic acids is 1. The maximum atomic E-state index is 13.0. The van der Waals surface area contributed by atoms with Crippen LogP contribution >= 0.6 is 11.3 Å². The number of fused-ring (bicyclic) bond motifs is 1. The average Bonchev–Trinajstić information content (AvgIpc) is 3.26. The highest BCUT2D eigenvalue weighted by atomic mass is 32.1. The summed E-state index contributed by atoms with van der Waals surface area (Å²) in [7, 11) is 0. The Kier molecular flexibility index (Phi) is 4.21. The fraction of sp³-hybridized carbons (Fsp3) is 0.579. The number of aromatic nitrogens is 1. The van der Waals surface area contributed by atoms with Crippen LogP contribution in [0.5, 0.6) is 0 Å².